The number of fused-ring (bicyclic) bond motifs is 1. The fraction of sp³-hybridized carbons (Fsp3) is 0.333. The quantitative estimate of drug-likeness (QED) is 0.652. The fourth-order valence-corrected chi connectivity index (χ4v) is 2.90. The molecule has 3 aromatic rings. The molecule has 0 fully saturated rings. The van der Waals surface area contributed by atoms with E-state index in [2.05, 4.69) is 26.8 Å². The Morgan fingerprint density at radius 1 is 1.25 bits per heavy atom. The van der Waals surface area contributed by atoms with Gasteiger partial charge < -0.3 is 9.88 Å². The van der Waals surface area contributed by atoms with Gasteiger partial charge in [-0.3, -0.25) is 0 Å². The third-order valence-electron chi connectivity index (χ3n) is 3.88. The largest absolute Gasteiger partial charge is 0.368 e. The van der Waals surface area contributed by atoms with E-state index in [4.69, 9.17) is 11.6 Å². The van der Waals surface area contributed by atoms with Gasteiger partial charge in [0.25, 0.3) is 0 Å². The molecule has 24 heavy (non-hydrogen) atoms. The second kappa shape index (κ2) is 7.18. The van der Waals surface area contributed by atoms with E-state index in [9.17, 15) is 4.39 Å². The molecule has 0 spiro atoms. The van der Waals surface area contributed by atoms with Gasteiger partial charge in [-0.25, -0.2) is 14.4 Å². The number of benzene rings is 1. The summed E-state index contributed by atoms with van der Waals surface area (Å²) >= 11 is 5.89. The number of hydrogen-bond acceptors (Lipinski definition) is 3. The van der Waals surface area contributed by atoms with E-state index in [1.165, 1.54) is 6.07 Å². The highest BCUT2D eigenvalue weighted by Crippen LogP contribution is 2.24. The molecule has 0 amide bonds. The minimum absolute atomic E-state index is 0.136. The molecule has 0 unspecified atom stereocenters. The molecule has 0 radical (unpaired) electrons. The van der Waals surface area contributed by atoms with E-state index in [1.54, 1.807) is 12.1 Å². The van der Waals surface area contributed by atoms with Crippen LogP contribution in [-0.4, -0.2) is 21.1 Å². The highest BCUT2D eigenvalue weighted by atomic mass is 35.5. The Labute approximate surface area is 145 Å². The number of halogens is 2. The lowest BCUT2D eigenvalue weighted by atomic mass is 10.2. The molecule has 2 aromatic heterocycles. The van der Waals surface area contributed by atoms with Crippen molar-refractivity contribution >= 4 is 28.5 Å². The summed E-state index contributed by atoms with van der Waals surface area (Å²) in [5.74, 6) is 1.17. The van der Waals surface area contributed by atoms with Crippen molar-refractivity contribution in [1.29, 1.82) is 0 Å². The molecular formula is C18H20ClFN4. The SMILES string of the molecule is CCCCNc1nc(C)nc2ccn(Cc3ccc(F)c(Cl)c3)c12. The van der Waals surface area contributed by atoms with Crippen molar-refractivity contribution in [3.63, 3.8) is 0 Å². The third-order valence-corrected chi connectivity index (χ3v) is 4.17. The molecule has 1 aromatic carbocycles. The van der Waals surface area contributed by atoms with Crippen LogP contribution in [0.1, 0.15) is 31.2 Å². The minimum Gasteiger partial charge on any atom is -0.368 e. The van der Waals surface area contributed by atoms with Crippen molar-refractivity contribution in [3.05, 3.63) is 52.7 Å². The summed E-state index contributed by atoms with van der Waals surface area (Å²) in [4.78, 5) is 9.05. The maximum atomic E-state index is 13.3. The van der Waals surface area contributed by atoms with Gasteiger partial charge in [-0.15, -0.1) is 0 Å². The molecule has 6 heteroatoms. The van der Waals surface area contributed by atoms with Gasteiger partial charge in [-0.05, 0) is 37.1 Å². The normalized spacial score (nSPS) is 11.2. The van der Waals surface area contributed by atoms with E-state index < -0.39 is 5.82 Å². The second-order valence-corrected chi connectivity index (χ2v) is 6.23. The van der Waals surface area contributed by atoms with Crippen LogP contribution >= 0.6 is 11.6 Å². The van der Waals surface area contributed by atoms with Crippen molar-refractivity contribution in [2.75, 3.05) is 11.9 Å². The zero-order valence-corrected chi connectivity index (χ0v) is 14.6. The van der Waals surface area contributed by atoms with Crippen LogP contribution in [0.4, 0.5) is 10.2 Å². The lowest BCUT2D eigenvalue weighted by Gasteiger charge is -2.12. The summed E-state index contributed by atoms with van der Waals surface area (Å²) in [7, 11) is 0. The molecule has 0 bridgehead atoms. The number of nitrogens with one attached hydrogen (secondary N) is 1. The smallest absolute Gasteiger partial charge is 0.154 e. The number of rotatable bonds is 6. The highest BCUT2D eigenvalue weighted by molar-refractivity contribution is 6.30. The van der Waals surface area contributed by atoms with Gasteiger partial charge in [0.2, 0.25) is 0 Å². The van der Waals surface area contributed by atoms with Crippen LogP contribution in [0.5, 0.6) is 0 Å². The van der Waals surface area contributed by atoms with E-state index in [0.29, 0.717) is 6.54 Å². The van der Waals surface area contributed by atoms with E-state index in [0.717, 1.165) is 47.6 Å². The highest BCUT2D eigenvalue weighted by Gasteiger charge is 2.11. The van der Waals surface area contributed by atoms with Crippen molar-refractivity contribution in [2.45, 2.75) is 33.2 Å². The van der Waals surface area contributed by atoms with Crippen molar-refractivity contribution in [2.24, 2.45) is 0 Å². The molecule has 3 rings (SSSR count). The summed E-state index contributed by atoms with van der Waals surface area (Å²) in [5, 5.41) is 3.54. The number of aryl methyl sites for hydroxylation is 1. The Hall–Kier alpha value is -2.14. The molecule has 126 valence electrons. The zero-order chi connectivity index (χ0) is 17.1. The molecule has 2 heterocycles. The molecule has 0 saturated carbocycles. The molecule has 1 N–H and O–H groups in total. The predicted molar refractivity (Wildman–Crippen MR) is 96.2 cm³/mol. The van der Waals surface area contributed by atoms with Gasteiger partial charge in [-0.1, -0.05) is 31.0 Å². The molecule has 0 aliphatic rings. The van der Waals surface area contributed by atoms with Gasteiger partial charge in [0.05, 0.1) is 10.5 Å². The number of anilines is 1. The van der Waals surface area contributed by atoms with Crippen molar-refractivity contribution in [3.8, 4) is 0 Å². The lowest BCUT2D eigenvalue weighted by Crippen LogP contribution is -2.08. The predicted octanol–water partition coefficient (Wildman–Crippen LogP) is 4.79. The Balaban J connectivity index is 1.96. The van der Waals surface area contributed by atoms with Crippen LogP contribution in [0.3, 0.4) is 0 Å². The van der Waals surface area contributed by atoms with Gasteiger partial charge in [0.1, 0.15) is 17.2 Å². The Kier molecular flexibility index (Phi) is 5.00. The first-order valence-electron chi connectivity index (χ1n) is 8.09. The van der Waals surface area contributed by atoms with Crippen molar-refractivity contribution in [1.82, 2.24) is 14.5 Å². The number of unbranched alkanes of at least 4 members (excludes halogenated alkanes) is 1. The van der Waals surface area contributed by atoms with Crippen LogP contribution in [0.15, 0.2) is 30.5 Å². The Bertz CT molecular complexity index is 860. The fourth-order valence-electron chi connectivity index (χ4n) is 2.70. The van der Waals surface area contributed by atoms with Crippen LogP contribution in [-0.2, 0) is 6.54 Å². The molecule has 0 aliphatic carbocycles. The van der Waals surface area contributed by atoms with Crippen LogP contribution in [0.25, 0.3) is 11.0 Å². The third kappa shape index (κ3) is 3.51. The average Bonchev–Trinajstić information content (AvgIpc) is 2.94. The maximum absolute atomic E-state index is 13.3. The number of aromatic nitrogens is 3. The first-order valence-corrected chi connectivity index (χ1v) is 8.47. The second-order valence-electron chi connectivity index (χ2n) is 5.83. The topological polar surface area (TPSA) is 42.7 Å². The van der Waals surface area contributed by atoms with Gasteiger partial charge >= 0.3 is 0 Å². The number of nitrogens with zero attached hydrogens (tertiary/aromatic N) is 3. The van der Waals surface area contributed by atoms with Gasteiger partial charge in [0, 0.05) is 19.3 Å². The average molecular weight is 347 g/mol. The van der Waals surface area contributed by atoms with Crippen LogP contribution in [0.2, 0.25) is 5.02 Å². The molecular weight excluding hydrogens is 327 g/mol. The molecule has 0 saturated heterocycles. The van der Waals surface area contributed by atoms with Crippen LogP contribution < -0.4 is 5.32 Å². The van der Waals surface area contributed by atoms with Gasteiger partial charge in [-0.2, -0.15) is 0 Å². The summed E-state index contributed by atoms with van der Waals surface area (Å²) in [5.41, 5.74) is 2.78. The molecule has 4 nitrogen and oxygen atoms in total. The Morgan fingerprint density at radius 2 is 2.08 bits per heavy atom. The monoisotopic (exact) mass is 346 g/mol. The molecule has 0 aliphatic heterocycles. The van der Waals surface area contributed by atoms with Crippen molar-refractivity contribution < 1.29 is 4.39 Å². The summed E-state index contributed by atoms with van der Waals surface area (Å²) in [6.07, 6.45) is 4.18. The Morgan fingerprint density at radius 3 is 2.83 bits per heavy atom. The summed E-state index contributed by atoms with van der Waals surface area (Å²) < 4.78 is 15.4. The maximum Gasteiger partial charge on any atom is 0.154 e. The van der Waals surface area contributed by atoms with E-state index in [-0.39, 0.29) is 5.02 Å². The number of hydrogen-bond donors (Lipinski definition) is 1. The zero-order valence-electron chi connectivity index (χ0n) is 13.8. The summed E-state index contributed by atoms with van der Waals surface area (Å²) in [6, 6.07) is 6.76. The standard InChI is InChI=1S/C18H20ClFN4/c1-3-4-8-21-18-17-16(22-12(2)23-18)7-9-24(17)11-13-5-6-15(20)14(19)10-13/h5-7,9-10H,3-4,8,11H2,1-2H3,(H,21,22,23). The first kappa shape index (κ1) is 16.7. The molecule has 0 atom stereocenters. The van der Waals surface area contributed by atoms with Crippen LogP contribution in [0, 0.1) is 12.7 Å². The van der Waals surface area contributed by atoms with E-state index in [1.807, 2.05) is 19.2 Å². The minimum atomic E-state index is -0.404. The van der Waals surface area contributed by atoms with Gasteiger partial charge in [0.15, 0.2) is 5.82 Å². The van der Waals surface area contributed by atoms with E-state index >= 15 is 0 Å². The lowest BCUT2D eigenvalue weighted by molar-refractivity contribution is 0.627. The summed E-state index contributed by atoms with van der Waals surface area (Å²) in [6.45, 7) is 5.50. The first-order chi connectivity index (χ1) is 11.6.